The average molecular weight is 212 g/mol. The van der Waals surface area contributed by atoms with Crippen molar-refractivity contribution in [2.24, 2.45) is 0 Å². The Morgan fingerprint density at radius 3 is 2.53 bits per heavy atom. The summed E-state index contributed by atoms with van der Waals surface area (Å²) in [6.07, 6.45) is 0.718. The van der Waals surface area contributed by atoms with Crippen LogP contribution in [0.2, 0.25) is 0 Å². The number of hydrogen-bond acceptors (Lipinski definition) is 3. The first kappa shape index (κ1) is 12.2. The number of hydrogen-bond donors (Lipinski definition) is 3. The van der Waals surface area contributed by atoms with E-state index in [-0.39, 0.29) is 12.5 Å². The third-order valence-corrected chi connectivity index (χ3v) is 3.09. The molecule has 0 aromatic rings. The van der Waals surface area contributed by atoms with Gasteiger partial charge in [-0.05, 0) is 25.8 Å². The van der Waals surface area contributed by atoms with Gasteiger partial charge < -0.3 is 15.7 Å². The van der Waals surface area contributed by atoms with Crippen molar-refractivity contribution >= 4 is 5.91 Å². The van der Waals surface area contributed by atoms with Gasteiger partial charge in [0.2, 0.25) is 5.91 Å². The van der Waals surface area contributed by atoms with Crippen molar-refractivity contribution in [1.29, 1.82) is 0 Å². The topological polar surface area (TPSA) is 61.4 Å². The lowest BCUT2D eigenvalue weighted by Crippen LogP contribution is -2.49. The average Bonchev–Trinajstić information content (AvgIpc) is 2.14. The molecule has 1 heterocycles. The van der Waals surface area contributed by atoms with E-state index in [0.717, 1.165) is 30.7 Å². The molecule has 1 atom stereocenters. The fourth-order valence-corrected chi connectivity index (χ4v) is 1.28. The summed E-state index contributed by atoms with van der Waals surface area (Å²) in [6, 6.07) is 0. The van der Waals surface area contributed by atoms with Crippen molar-refractivity contribution in [2.45, 2.75) is 32.7 Å². The van der Waals surface area contributed by atoms with Gasteiger partial charge in [-0.25, -0.2) is 0 Å². The number of rotatable bonds is 4. The van der Waals surface area contributed by atoms with Crippen molar-refractivity contribution in [1.82, 2.24) is 10.6 Å². The molecule has 1 unspecified atom stereocenters. The molecule has 3 N–H and O–H groups in total. The summed E-state index contributed by atoms with van der Waals surface area (Å²) in [5, 5.41) is 15.2. The fraction of sp³-hybridized carbons (Fsp3) is 0.727. The van der Waals surface area contributed by atoms with Gasteiger partial charge >= 0.3 is 0 Å². The lowest BCUT2D eigenvalue weighted by molar-refractivity contribution is -0.119. The highest BCUT2D eigenvalue weighted by atomic mass is 16.3. The second-order valence-electron chi connectivity index (χ2n) is 4.36. The van der Waals surface area contributed by atoms with Gasteiger partial charge in [0, 0.05) is 18.7 Å². The third kappa shape index (κ3) is 2.79. The lowest BCUT2D eigenvalue weighted by Gasteiger charge is -2.29. The molecule has 4 heteroatoms. The number of aliphatic hydroxyl groups excluding tert-OH is 1. The van der Waals surface area contributed by atoms with Crippen molar-refractivity contribution in [3.8, 4) is 0 Å². The minimum Gasteiger partial charge on any atom is -0.394 e. The van der Waals surface area contributed by atoms with Crippen molar-refractivity contribution in [3.05, 3.63) is 11.1 Å². The molecule has 1 aliphatic heterocycles. The van der Waals surface area contributed by atoms with Crippen LogP contribution in [0.5, 0.6) is 0 Å². The first-order valence-corrected chi connectivity index (χ1v) is 5.35. The standard InChI is InChI=1S/C11H20N2O2/c1-4-11(3,7-14)13-10(15)8(2)9-5-12-6-9/h12,14H,4-7H2,1-3H3,(H,13,15). The molecule has 0 radical (unpaired) electrons. The van der Waals surface area contributed by atoms with Gasteiger partial charge in [-0.1, -0.05) is 6.92 Å². The Labute approximate surface area is 90.7 Å². The molecular formula is C11H20N2O2. The summed E-state index contributed by atoms with van der Waals surface area (Å²) < 4.78 is 0. The summed E-state index contributed by atoms with van der Waals surface area (Å²) in [5.74, 6) is -0.0649. The third-order valence-electron chi connectivity index (χ3n) is 3.09. The maximum Gasteiger partial charge on any atom is 0.247 e. The minimum atomic E-state index is -0.504. The number of nitrogens with one attached hydrogen (secondary N) is 2. The molecule has 1 amide bonds. The maximum absolute atomic E-state index is 11.8. The summed E-state index contributed by atoms with van der Waals surface area (Å²) in [7, 11) is 0. The number of carbonyl (C=O) groups excluding carboxylic acids is 1. The van der Waals surface area contributed by atoms with E-state index in [4.69, 9.17) is 0 Å². The maximum atomic E-state index is 11.8. The van der Waals surface area contributed by atoms with Crippen LogP contribution >= 0.6 is 0 Å². The Morgan fingerprint density at radius 1 is 1.60 bits per heavy atom. The van der Waals surface area contributed by atoms with Crippen molar-refractivity contribution in [2.75, 3.05) is 19.7 Å². The molecule has 0 aromatic carbocycles. The van der Waals surface area contributed by atoms with Crippen molar-refractivity contribution in [3.63, 3.8) is 0 Å². The molecular weight excluding hydrogens is 192 g/mol. The second-order valence-corrected chi connectivity index (χ2v) is 4.36. The molecule has 1 rings (SSSR count). The Kier molecular flexibility index (Phi) is 3.88. The first-order chi connectivity index (χ1) is 7.02. The zero-order valence-corrected chi connectivity index (χ0v) is 9.68. The summed E-state index contributed by atoms with van der Waals surface area (Å²) in [6.45, 7) is 7.21. The minimum absolute atomic E-state index is 0.0316. The van der Waals surface area contributed by atoms with Crippen LogP contribution in [0.1, 0.15) is 27.2 Å². The molecule has 1 saturated heterocycles. The predicted octanol–water partition coefficient (Wildman–Crippen LogP) is 0.183. The lowest BCUT2D eigenvalue weighted by atomic mass is 9.98. The van der Waals surface area contributed by atoms with Crippen LogP contribution < -0.4 is 10.6 Å². The monoisotopic (exact) mass is 212 g/mol. The predicted molar refractivity (Wildman–Crippen MR) is 59.5 cm³/mol. The van der Waals surface area contributed by atoms with E-state index in [1.807, 2.05) is 20.8 Å². The normalized spacial score (nSPS) is 19.1. The van der Waals surface area contributed by atoms with Crippen LogP contribution in [-0.2, 0) is 4.79 Å². The molecule has 1 aliphatic rings. The molecule has 15 heavy (non-hydrogen) atoms. The second kappa shape index (κ2) is 4.77. The Balaban J connectivity index is 2.62. The van der Waals surface area contributed by atoms with Gasteiger partial charge in [0.15, 0.2) is 0 Å². The van der Waals surface area contributed by atoms with Gasteiger partial charge in [-0.15, -0.1) is 0 Å². The van der Waals surface area contributed by atoms with Crippen LogP contribution in [0.15, 0.2) is 11.1 Å². The number of aliphatic hydroxyl groups is 1. The van der Waals surface area contributed by atoms with Crippen LogP contribution in [-0.4, -0.2) is 36.2 Å². The number of amides is 1. The molecule has 0 aliphatic carbocycles. The van der Waals surface area contributed by atoms with Gasteiger partial charge in [0.05, 0.1) is 12.1 Å². The van der Waals surface area contributed by atoms with E-state index in [9.17, 15) is 9.90 Å². The van der Waals surface area contributed by atoms with Gasteiger partial charge in [0.25, 0.3) is 0 Å². The highest BCUT2D eigenvalue weighted by Gasteiger charge is 2.25. The molecule has 86 valence electrons. The molecule has 0 saturated carbocycles. The summed E-state index contributed by atoms with van der Waals surface area (Å²) >= 11 is 0. The molecule has 0 spiro atoms. The smallest absolute Gasteiger partial charge is 0.247 e. The quantitative estimate of drug-likeness (QED) is 0.583. The van der Waals surface area contributed by atoms with Gasteiger partial charge in [0.1, 0.15) is 0 Å². The van der Waals surface area contributed by atoms with E-state index in [1.165, 1.54) is 0 Å². The SMILES string of the molecule is CCC(C)(CO)NC(=O)C(C)=C1CNC1. The number of carbonyl (C=O) groups is 1. The Bertz CT molecular complexity index is 274. The highest BCUT2D eigenvalue weighted by molar-refractivity contribution is 5.94. The molecule has 4 nitrogen and oxygen atoms in total. The molecule has 0 bridgehead atoms. The van der Waals surface area contributed by atoms with Crippen LogP contribution in [0.4, 0.5) is 0 Å². The molecule has 0 aromatic heterocycles. The van der Waals surface area contributed by atoms with E-state index in [0.29, 0.717) is 0 Å². The van der Waals surface area contributed by atoms with Crippen molar-refractivity contribution < 1.29 is 9.90 Å². The zero-order chi connectivity index (χ0) is 11.5. The van der Waals surface area contributed by atoms with Gasteiger partial charge in [-0.2, -0.15) is 0 Å². The largest absolute Gasteiger partial charge is 0.394 e. The summed E-state index contributed by atoms with van der Waals surface area (Å²) in [4.78, 5) is 11.8. The highest BCUT2D eigenvalue weighted by Crippen LogP contribution is 2.13. The van der Waals surface area contributed by atoms with E-state index < -0.39 is 5.54 Å². The zero-order valence-electron chi connectivity index (χ0n) is 9.68. The first-order valence-electron chi connectivity index (χ1n) is 5.35. The van der Waals surface area contributed by atoms with Crippen LogP contribution in [0.3, 0.4) is 0 Å². The molecule has 1 fully saturated rings. The fourth-order valence-electron chi connectivity index (χ4n) is 1.28. The Morgan fingerprint density at radius 2 is 2.20 bits per heavy atom. The Hall–Kier alpha value is -0.870. The van der Waals surface area contributed by atoms with Crippen LogP contribution in [0, 0.1) is 0 Å². The van der Waals surface area contributed by atoms with E-state index >= 15 is 0 Å². The summed E-state index contributed by atoms with van der Waals surface area (Å²) in [5.41, 5.74) is 1.43. The van der Waals surface area contributed by atoms with Crippen LogP contribution in [0.25, 0.3) is 0 Å². The van der Waals surface area contributed by atoms with E-state index in [1.54, 1.807) is 0 Å². The van der Waals surface area contributed by atoms with E-state index in [2.05, 4.69) is 10.6 Å². The van der Waals surface area contributed by atoms with Gasteiger partial charge in [-0.3, -0.25) is 4.79 Å².